The lowest BCUT2D eigenvalue weighted by Crippen LogP contribution is -2.22. The van der Waals surface area contributed by atoms with E-state index in [-0.39, 0.29) is 5.56 Å². The van der Waals surface area contributed by atoms with E-state index < -0.39 is 11.7 Å². The number of aromatic nitrogens is 1. The van der Waals surface area contributed by atoms with Crippen molar-refractivity contribution in [3.63, 3.8) is 0 Å². The lowest BCUT2D eigenvalue weighted by molar-refractivity contribution is 0.102. The summed E-state index contributed by atoms with van der Waals surface area (Å²) in [5.74, 6) is -0.648. The van der Waals surface area contributed by atoms with Crippen molar-refractivity contribution in [2.24, 2.45) is 0 Å². The van der Waals surface area contributed by atoms with Crippen LogP contribution in [-0.4, -0.2) is 24.0 Å². The number of hydrogen-bond donors (Lipinski definition) is 1. The first-order chi connectivity index (χ1) is 10.2. The first-order valence-corrected chi connectivity index (χ1v) is 6.92. The molecule has 0 saturated carbocycles. The summed E-state index contributed by atoms with van der Waals surface area (Å²) >= 11 is 0. The Morgan fingerprint density at radius 1 is 1.19 bits per heavy atom. The number of carbonyl (C=O) groups excluding carboxylic acids is 1. The van der Waals surface area contributed by atoms with Crippen molar-refractivity contribution in [3.05, 3.63) is 54.0 Å². The highest BCUT2D eigenvalue weighted by atomic mass is 19.1. The minimum atomic E-state index is -0.547. The highest BCUT2D eigenvalue weighted by Gasteiger charge is 2.11. The molecule has 110 valence electrons. The molecule has 0 unspecified atom stereocenters. The van der Waals surface area contributed by atoms with Gasteiger partial charge in [-0.3, -0.25) is 4.79 Å². The number of hydrogen-bond acceptors (Lipinski definition) is 3. The Labute approximate surface area is 123 Å². The van der Waals surface area contributed by atoms with Gasteiger partial charge >= 0.3 is 0 Å². The first kappa shape index (κ1) is 15.0. The molecule has 0 bridgehead atoms. The van der Waals surface area contributed by atoms with Crippen LogP contribution in [-0.2, 0) is 0 Å². The molecule has 1 aromatic heterocycles. The molecule has 0 radical (unpaired) electrons. The highest BCUT2D eigenvalue weighted by Crippen LogP contribution is 2.16. The van der Waals surface area contributed by atoms with Crippen molar-refractivity contribution in [2.75, 3.05) is 23.3 Å². The zero-order valence-corrected chi connectivity index (χ0v) is 12.1. The van der Waals surface area contributed by atoms with E-state index in [4.69, 9.17) is 0 Å². The Morgan fingerprint density at radius 3 is 2.48 bits per heavy atom. The van der Waals surface area contributed by atoms with Crippen LogP contribution in [0, 0.1) is 5.82 Å². The number of rotatable bonds is 5. The van der Waals surface area contributed by atoms with Gasteiger partial charge in [0.1, 0.15) is 11.6 Å². The molecule has 1 aromatic carbocycles. The van der Waals surface area contributed by atoms with E-state index >= 15 is 0 Å². The van der Waals surface area contributed by atoms with Crippen LogP contribution >= 0.6 is 0 Å². The Bertz CT molecular complexity index is 609. The fraction of sp³-hybridized carbons (Fsp3) is 0.250. The van der Waals surface area contributed by atoms with Gasteiger partial charge in [0.25, 0.3) is 5.91 Å². The summed E-state index contributed by atoms with van der Waals surface area (Å²) in [5, 5.41) is 2.59. The molecule has 0 aliphatic heterocycles. The predicted octanol–water partition coefficient (Wildman–Crippen LogP) is 3.32. The maximum atomic E-state index is 13.5. The molecule has 1 amide bonds. The molecule has 2 aromatic rings. The number of anilines is 2. The number of carbonyl (C=O) groups is 1. The molecule has 0 atom stereocenters. The summed E-state index contributed by atoms with van der Waals surface area (Å²) in [5.41, 5.74) is 0.996. The van der Waals surface area contributed by atoms with Gasteiger partial charge in [-0.2, -0.15) is 0 Å². The number of nitrogens with one attached hydrogen (secondary N) is 1. The number of pyridine rings is 1. The van der Waals surface area contributed by atoms with Crippen molar-refractivity contribution in [3.8, 4) is 0 Å². The van der Waals surface area contributed by atoms with Gasteiger partial charge in [0.15, 0.2) is 0 Å². The largest absolute Gasteiger partial charge is 0.371 e. The third kappa shape index (κ3) is 3.56. The number of halogens is 1. The average molecular weight is 287 g/mol. The Morgan fingerprint density at radius 2 is 1.90 bits per heavy atom. The summed E-state index contributed by atoms with van der Waals surface area (Å²) in [7, 11) is 0. The SMILES string of the molecule is CCN(CC)c1ccc(NC(=O)c2ccccc2F)nc1. The monoisotopic (exact) mass is 287 g/mol. The van der Waals surface area contributed by atoms with E-state index in [0.29, 0.717) is 5.82 Å². The van der Waals surface area contributed by atoms with E-state index in [0.717, 1.165) is 18.8 Å². The third-order valence-corrected chi connectivity index (χ3v) is 3.24. The normalized spacial score (nSPS) is 10.2. The van der Waals surface area contributed by atoms with Gasteiger partial charge in [-0.25, -0.2) is 9.37 Å². The van der Waals surface area contributed by atoms with E-state index in [2.05, 4.69) is 29.0 Å². The fourth-order valence-electron chi connectivity index (χ4n) is 2.06. The minimum absolute atomic E-state index is 0.00659. The Hall–Kier alpha value is -2.43. The van der Waals surface area contributed by atoms with Crippen LogP contribution in [0.1, 0.15) is 24.2 Å². The molecule has 21 heavy (non-hydrogen) atoms. The van der Waals surface area contributed by atoms with Crippen LogP contribution < -0.4 is 10.2 Å². The molecule has 5 heteroatoms. The second-order valence-corrected chi connectivity index (χ2v) is 4.51. The van der Waals surface area contributed by atoms with Crippen molar-refractivity contribution in [2.45, 2.75) is 13.8 Å². The Balaban J connectivity index is 2.10. The van der Waals surface area contributed by atoms with Crippen LogP contribution in [0.15, 0.2) is 42.6 Å². The number of benzene rings is 1. The number of nitrogens with zero attached hydrogens (tertiary/aromatic N) is 2. The van der Waals surface area contributed by atoms with Crippen molar-refractivity contribution < 1.29 is 9.18 Å². The summed E-state index contributed by atoms with van der Waals surface area (Å²) in [6.07, 6.45) is 1.70. The number of amides is 1. The predicted molar refractivity (Wildman–Crippen MR) is 82.2 cm³/mol. The maximum absolute atomic E-state index is 13.5. The third-order valence-electron chi connectivity index (χ3n) is 3.24. The van der Waals surface area contributed by atoms with Crippen LogP contribution in [0.3, 0.4) is 0 Å². The highest BCUT2D eigenvalue weighted by molar-refractivity contribution is 6.03. The molecule has 1 heterocycles. The Kier molecular flexibility index (Phi) is 4.87. The van der Waals surface area contributed by atoms with E-state index in [1.165, 1.54) is 12.1 Å². The molecular formula is C16H18FN3O. The van der Waals surface area contributed by atoms with E-state index in [1.807, 2.05) is 6.07 Å². The molecule has 0 aliphatic carbocycles. The van der Waals surface area contributed by atoms with Gasteiger partial charge in [0.2, 0.25) is 0 Å². The first-order valence-electron chi connectivity index (χ1n) is 6.92. The van der Waals surface area contributed by atoms with Gasteiger partial charge in [0, 0.05) is 13.1 Å². The average Bonchev–Trinajstić information content (AvgIpc) is 2.50. The van der Waals surface area contributed by atoms with Crippen LogP contribution in [0.2, 0.25) is 0 Å². The molecule has 2 rings (SSSR count). The van der Waals surface area contributed by atoms with E-state index in [1.54, 1.807) is 24.4 Å². The zero-order chi connectivity index (χ0) is 15.2. The summed E-state index contributed by atoms with van der Waals surface area (Å²) < 4.78 is 13.5. The zero-order valence-electron chi connectivity index (χ0n) is 12.1. The second kappa shape index (κ2) is 6.83. The van der Waals surface area contributed by atoms with Crippen LogP contribution in [0.4, 0.5) is 15.9 Å². The summed E-state index contributed by atoms with van der Waals surface area (Å²) in [4.78, 5) is 18.3. The minimum Gasteiger partial charge on any atom is -0.371 e. The van der Waals surface area contributed by atoms with Crippen molar-refractivity contribution >= 4 is 17.4 Å². The molecule has 4 nitrogen and oxygen atoms in total. The molecule has 1 N–H and O–H groups in total. The van der Waals surface area contributed by atoms with Crippen molar-refractivity contribution in [1.29, 1.82) is 0 Å². The second-order valence-electron chi connectivity index (χ2n) is 4.51. The standard InChI is InChI=1S/C16H18FN3O/c1-3-20(4-2)12-9-10-15(18-11-12)19-16(21)13-7-5-6-8-14(13)17/h5-11H,3-4H2,1-2H3,(H,18,19,21). The summed E-state index contributed by atoms with van der Waals surface area (Å²) in [6, 6.07) is 9.46. The topological polar surface area (TPSA) is 45.2 Å². The van der Waals surface area contributed by atoms with Crippen LogP contribution in [0.25, 0.3) is 0 Å². The lowest BCUT2D eigenvalue weighted by Gasteiger charge is -2.20. The van der Waals surface area contributed by atoms with Gasteiger partial charge in [0.05, 0.1) is 17.4 Å². The van der Waals surface area contributed by atoms with E-state index in [9.17, 15) is 9.18 Å². The van der Waals surface area contributed by atoms with Gasteiger partial charge in [-0.05, 0) is 38.1 Å². The molecule has 0 fully saturated rings. The maximum Gasteiger partial charge on any atom is 0.259 e. The molecule has 0 saturated heterocycles. The van der Waals surface area contributed by atoms with Crippen LogP contribution in [0.5, 0.6) is 0 Å². The molecular weight excluding hydrogens is 269 g/mol. The van der Waals surface area contributed by atoms with Gasteiger partial charge in [-0.1, -0.05) is 12.1 Å². The molecule has 0 aliphatic rings. The smallest absolute Gasteiger partial charge is 0.259 e. The summed E-state index contributed by atoms with van der Waals surface area (Å²) in [6.45, 7) is 5.91. The fourth-order valence-corrected chi connectivity index (χ4v) is 2.06. The van der Waals surface area contributed by atoms with Crippen molar-refractivity contribution in [1.82, 2.24) is 4.98 Å². The van der Waals surface area contributed by atoms with Gasteiger partial charge in [-0.15, -0.1) is 0 Å². The van der Waals surface area contributed by atoms with Gasteiger partial charge < -0.3 is 10.2 Å². The lowest BCUT2D eigenvalue weighted by atomic mass is 10.2. The molecule has 0 spiro atoms. The quantitative estimate of drug-likeness (QED) is 0.917.